The first-order chi connectivity index (χ1) is 5.54. The molecule has 0 aromatic heterocycles. The molecule has 5 heteroatoms. The van der Waals surface area contributed by atoms with Crippen molar-refractivity contribution >= 4 is 21.6 Å². The second kappa shape index (κ2) is 3.10. The molecular weight excluding hydrogens is 226 g/mol. The number of phenolic OH excluding ortho intramolecular Hbond substituents is 1. The number of aryl methyl sites for hydroxylation is 1. The molecule has 0 aliphatic heterocycles. The second-order valence-electron chi connectivity index (χ2n) is 2.32. The van der Waals surface area contributed by atoms with Crippen LogP contribution >= 0.6 is 15.9 Å². The Balaban J connectivity index is 3.36. The van der Waals surface area contributed by atoms with Crippen LogP contribution in [0.15, 0.2) is 16.6 Å². The summed E-state index contributed by atoms with van der Waals surface area (Å²) in [6, 6.07) is 2.84. The average Bonchev–Trinajstić information content (AvgIpc) is 2.00. The molecule has 0 bridgehead atoms. The van der Waals surface area contributed by atoms with Crippen molar-refractivity contribution in [2.24, 2.45) is 0 Å². The highest BCUT2D eigenvalue weighted by Gasteiger charge is 2.15. The normalized spacial score (nSPS) is 9.83. The Kier molecular flexibility index (Phi) is 2.32. The molecule has 0 saturated carbocycles. The van der Waals surface area contributed by atoms with Crippen LogP contribution in [0.5, 0.6) is 5.75 Å². The molecule has 1 aromatic carbocycles. The van der Waals surface area contributed by atoms with Gasteiger partial charge in [-0.3, -0.25) is 10.1 Å². The van der Waals surface area contributed by atoms with Gasteiger partial charge in [0.2, 0.25) is 0 Å². The van der Waals surface area contributed by atoms with Gasteiger partial charge in [0.15, 0.2) is 0 Å². The number of nitro groups is 1. The fourth-order valence-electron chi connectivity index (χ4n) is 0.791. The highest BCUT2D eigenvalue weighted by atomic mass is 79.9. The molecule has 0 radical (unpaired) electrons. The smallest absolute Gasteiger partial charge is 0.287 e. The van der Waals surface area contributed by atoms with Gasteiger partial charge >= 0.3 is 0 Å². The van der Waals surface area contributed by atoms with E-state index in [1.165, 1.54) is 12.1 Å². The fourth-order valence-corrected chi connectivity index (χ4v) is 1.38. The first-order valence-corrected chi connectivity index (χ1v) is 3.96. The molecule has 1 rings (SSSR count). The number of hydrogen-bond acceptors (Lipinski definition) is 3. The van der Waals surface area contributed by atoms with Crippen LogP contribution in [-0.2, 0) is 0 Å². The molecule has 0 atom stereocenters. The number of benzene rings is 1. The molecule has 4 nitrogen and oxygen atoms in total. The largest absolute Gasteiger partial charge is 0.506 e. The summed E-state index contributed by atoms with van der Waals surface area (Å²) in [7, 11) is 0. The van der Waals surface area contributed by atoms with Crippen LogP contribution in [-0.4, -0.2) is 10.0 Å². The molecule has 0 saturated heterocycles. The number of phenols is 1. The van der Waals surface area contributed by atoms with Gasteiger partial charge in [-0.2, -0.15) is 0 Å². The van der Waals surface area contributed by atoms with Crippen LogP contribution in [0.4, 0.5) is 5.69 Å². The average molecular weight is 232 g/mol. The standard InChI is InChI=1S/C7H6BrNO3/c1-4-2-3-5(9(11)12)6(8)7(4)10/h2-3,10H,1H3. The van der Waals surface area contributed by atoms with E-state index in [1.807, 2.05) is 0 Å². The van der Waals surface area contributed by atoms with Gasteiger partial charge in [0.05, 0.1) is 4.92 Å². The van der Waals surface area contributed by atoms with Crippen molar-refractivity contribution in [2.75, 3.05) is 0 Å². The predicted octanol–water partition coefficient (Wildman–Crippen LogP) is 2.37. The van der Waals surface area contributed by atoms with E-state index in [2.05, 4.69) is 15.9 Å². The van der Waals surface area contributed by atoms with Crippen molar-refractivity contribution in [2.45, 2.75) is 6.92 Å². The summed E-state index contributed by atoms with van der Waals surface area (Å²) in [6.45, 7) is 1.67. The Bertz CT molecular complexity index is 338. The van der Waals surface area contributed by atoms with Crippen molar-refractivity contribution in [3.63, 3.8) is 0 Å². The summed E-state index contributed by atoms with van der Waals surface area (Å²) in [6.07, 6.45) is 0. The third kappa shape index (κ3) is 1.40. The second-order valence-corrected chi connectivity index (χ2v) is 3.11. The van der Waals surface area contributed by atoms with Crippen molar-refractivity contribution in [1.82, 2.24) is 0 Å². The van der Waals surface area contributed by atoms with E-state index in [0.29, 0.717) is 5.56 Å². The minimum absolute atomic E-state index is 0.0794. The van der Waals surface area contributed by atoms with Crippen LogP contribution in [0.1, 0.15) is 5.56 Å². The van der Waals surface area contributed by atoms with Crippen molar-refractivity contribution in [3.8, 4) is 5.75 Å². The number of nitro benzene ring substituents is 1. The highest BCUT2D eigenvalue weighted by Crippen LogP contribution is 2.35. The fraction of sp³-hybridized carbons (Fsp3) is 0.143. The lowest BCUT2D eigenvalue weighted by Crippen LogP contribution is -1.90. The van der Waals surface area contributed by atoms with Gasteiger partial charge in [-0.25, -0.2) is 0 Å². The highest BCUT2D eigenvalue weighted by molar-refractivity contribution is 9.10. The monoisotopic (exact) mass is 231 g/mol. The Morgan fingerprint density at radius 1 is 1.58 bits per heavy atom. The van der Waals surface area contributed by atoms with Crippen LogP contribution in [0.25, 0.3) is 0 Å². The van der Waals surface area contributed by atoms with E-state index >= 15 is 0 Å². The summed E-state index contributed by atoms with van der Waals surface area (Å²) in [5.74, 6) is -0.0794. The van der Waals surface area contributed by atoms with Crippen molar-refractivity contribution in [1.29, 1.82) is 0 Å². The molecule has 1 aromatic rings. The molecular formula is C7H6BrNO3. The molecule has 0 heterocycles. The SMILES string of the molecule is Cc1ccc([N+](=O)[O-])c(Br)c1O. The zero-order valence-electron chi connectivity index (χ0n) is 6.24. The lowest BCUT2D eigenvalue weighted by atomic mass is 10.2. The lowest BCUT2D eigenvalue weighted by molar-refractivity contribution is -0.385. The first-order valence-electron chi connectivity index (χ1n) is 3.16. The van der Waals surface area contributed by atoms with Gasteiger partial charge < -0.3 is 5.11 Å². The van der Waals surface area contributed by atoms with Crippen LogP contribution in [0.3, 0.4) is 0 Å². The zero-order valence-corrected chi connectivity index (χ0v) is 7.83. The summed E-state index contributed by atoms with van der Waals surface area (Å²) >= 11 is 2.94. The Morgan fingerprint density at radius 2 is 2.17 bits per heavy atom. The first kappa shape index (κ1) is 8.99. The topological polar surface area (TPSA) is 63.4 Å². The summed E-state index contributed by atoms with van der Waals surface area (Å²) < 4.78 is 0.132. The molecule has 0 amide bonds. The molecule has 1 N–H and O–H groups in total. The van der Waals surface area contributed by atoms with E-state index < -0.39 is 4.92 Å². The van der Waals surface area contributed by atoms with E-state index in [4.69, 9.17) is 0 Å². The summed E-state index contributed by atoms with van der Waals surface area (Å²) in [5, 5.41) is 19.6. The van der Waals surface area contributed by atoms with E-state index in [0.717, 1.165) is 0 Å². The quantitative estimate of drug-likeness (QED) is 0.597. The zero-order chi connectivity index (χ0) is 9.30. The number of hydrogen-bond donors (Lipinski definition) is 1. The maximum absolute atomic E-state index is 10.3. The van der Waals surface area contributed by atoms with Crippen molar-refractivity contribution < 1.29 is 10.0 Å². The number of halogens is 1. The predicted molar refractivity (Wildman–Crippen MR) is 47.2 cm³/mol. The number of rotatable bonds is 1. The lowest BCUT2D eigenvalue weighted by Gasteiger charge is -2.00. The Hall–Kier alpha value is -1.10. The van der Waals surface area contributed by atoms with Crippen LogP contribution < -0.4 is 0 Å². The van der Waals surface area contributed by atoms with Gasteiger partial charge in [-0.05, 0) is 34.5 Å². The van der Waals surface area contributed by atoms with Crippen molar-refractivity contribution in [3.05, 3.63) is 32.3 Å². The Morgan fingerprint density at radius 3 is 2.67 bits per heavy atom. The molecule has 0 fully saturated rings. The number of aromatic hydroxyl groups is 1. The van der Waals surface area contributed by atoms with E-state index in [9.17, 15) is 15.2 Å². The molecule has 0 aliphatic carbocycles. The van der Waals surface area contributed by atoms with E-state index in [1.54, 1.807) is 6.92 Å². The third-order valence-electron chi connectivity index (χ3n) is 1.49. The maximum Gasteiger partial charge on any atom is 0.287 e. The molecule has 0 unspecified atom stereocenters. The van der Waals surface area contributed by atoms with Gasteiger partial charge in [0.1, 0.15) is 10.2 Å². The number of nitrogens with zero attached hydrogens (tertiary/aromatic N) is 1. The molecule has 12 heavy (non-hydrogen) atoms. The third-order valence-corrected chi connectivity index (χ3v) is 2.28. The summed E-state index contributed by atoms with van der Waals surface area (Å²) in [5.41, 5.74) is 0.477. The Labute approximate surface area is 77.1 Å². The van der Waals surface area contributed by atoms with Gasteiger partial charge in [0, 0.05) is 6.07 Å². The van der Waals surface area contributed by atoms with Crippen LogP contribution in [0, 0.1) is 17.0 Å². The molecule has 64 valence electrons. The van der Waals surface area contributed by atoms with Gasteiger partial charge in [-0.1, -0.05) is 0 Å². The summed E-state index contributed by atoms with van der Waals surface area (Å²) in [4.78, 5) is 9.80. The van der Waals surface area contributed by atoms with Gasteiger partial charge in [-0.15, -0.1) is 0 Å². The molecule has 0 aliphatic rings. The van der Waals surface area contributed by atoms with Crippen LogP contribution in [0.2, 0.25) is 0 Å². The van der Waals surface area contributed by atoms with Gasteiger partial charge in [0.25, 0.3) is 5.69 Å². The minimum atomic E-state index is -0.552. The maximum atomic E-state index is 10.3. The minimum Gasteiger partial charge on any atom is -0.506 e. The van der Waals surface area contributed by atoms with E-state index in [-0.39, 0.29) is 15.9 Å². The molecule has 0 spiro atoms.